The van der Waals surface area contributed by atoms with Crippen molar-refractivity contribution in [3.8, 4) is 0 Å². The van der Waals surface area contributed by atoms with Crippen molar-refractivity contribution in [2.45, 2.75) is 26.5 Å². The summed E-state index contributed by atoms with van der Waals surface area (Å²) in [6, 6.07) is 1.86. The van der Waals surface area contributed by atoms with E-state index in [1.54, 1.807) is 6.20 Å². The topological polar surface area (TPSA) is 67.3 Å². The van der Waals surface area contributed by atoms with Crippen molar-refractivity contribution in [1.29, 1.82) is 0 Å². The number of nitrogens with zero attached hydrogens (tertiary/aromatic N) is 2. The smallest absolute Gasteiger partial charge is 0.125 e. The normalized spacial score (nSPS) is 12.7. The summed E-state index contributed by atoms with van der Waals surface area (Å²) in [6.07, 6.45) is 1.26. The van der Waals surface area contributed by atoms with Gasteiger partial charge in [-0.25, -0.2) is 9.97 Å². The van der Waals surface area contributed by atoms with Gasteiger partial charge in [-0.2, -0.15) is 0 Å². The first-order valence-corrected chi connectivity index (χ1v) is 5.47. The molecule has 0 saturated carbocycles. The molecule has 0 aromatic carbocycles. The van der Waals surface area contributed by atoms with Crippen LogP contribution in [0.4, 0.5) is 0 Å². The van der Waals surface area contributed by atoms with Crippen LogP contribution in [0.15, 0.2) is 12.3 Å². The molecule has 0 aliphatic rings. The van der Waals surface area contributed by atoms with Crippen molar-refractivity contribution in [2.24, 2.45) is 0 Å². The lowest BCUT2D eigenvalue weighted by Gasteiger charge is -2.11. The number of ether oxygens (including phenoxy) is 1. The van der Waals surface area contributed by atoms with Gasteiger partial charge in [0.05, 0.1) is 18.4 Å². The molecule has 1 atom stereocenters. The van der Waals surface area contributed by atoms with Crippen LogP contribution in [0.25, 0.3) is 0 Å². The predicted molar refractivity (Wildman–Crippen MR) is 61.0 cm³/mol. The van der Waals surface area contributed by atoms with Gasteiger partial charge in [0.15, 0.2) is 0 Å². The van der Waals surface area contributed by atoms with Crippen LogP contribution in [0.1, 0.15) is 18.4 Å². The number of aliphatic hydroxyl groups is 1. The van der Waals surface area contributed by atoms with E-state index in [1.807, 2.05) is 19.9 Å². The largest absolute Gasteiger partial charge is 0.389 e. The van der Waals surface area contributed by atoms with Gasteiger partial charge in [-0.05, 0) is 19.9 Å². The maximum absolute atomic E-state index is 9.49. The first-order valence-electron chi connectivity index (χ1n) is 5.47. The molecule has 0 aliphatic heterocycles. The summed E-state index contributed by atoms with van der Waals surface area (Å²) in [7, 11) is 0. The molecule has 5 nitrogen and oxygen atoms in total. The Balaban J connectivity index is 2.20. The Bertz CT molecular complexity index is 307. The summed E-state index contributed by atoms with van der Waals surface area (Å²) in [4.78, 5) is 8.26. The van der Waals surface area contributed by atoms with Gasteiger partial charge in [0.2, 0.25) is 0 Å². The third-order valence-corrected chi connectivity index (χ3v) is 2.03. The number of rotatable bonds is 7. The highest BCUT2D eigenvalue weighted by atomic mass is 16.5. The van der Waals surface area contributed by atoms with E-state index in [0.717, 1.165) is 11.5 Å². The van der Waals surface area contributed by atoms with Gasteiger partial charge in [0.25, 0.3) is 0 Å². The number of aliphatic hydroxyl groups excluding tert-OH is 1. The van der Waals surface area contributed by atoms with Crippen molar-refractivity contribution >= 4 is 0 Å². The molecule has 0 radical (unpaired) electrons. The van der Waals surface area contributed by atoms with Gasteiger partial charge in [0.1, 0.15) is 5.82 Å². The lowest BCUT2D eigenvalue weighted by atomic mass is 10.3. The van der Waals surface area contributed by atoms with Gasteiger partial charge in [0, 0.05) is 25.9 Å². The fraction of sp³-hybridized carbons (Fsp3) is 0.636. The van der Waals surface area contributed by atoms with Crippen LogP contribution in [-0.2, 0) is 11.3 Å². The van der Waals surface area contributed by atoms with Crippen molar-refractivity contribution in [3.63, 3.8) is 0 Å². The van der Waals surface area contributed by atoms with Gasteiger partial charge in [-0.15, -0.1) is 0 Å². The number of aromatic nitrogens is 2. The fourth-order valence-electron chi connectivity index (χ4n) is 1.28. The summed E-state index contributed by atoms with van der Waals surface area (Å²) in [5.74, 6) is 0.758. The molecule has 2 N–H and O–H groups in total. The third-order valence-electron chi connectivity index (χ3n) is 2.03. The molecule has 1 heterocycles. The van der Waals surface area contributed by atoms with Crippen molar-refractivity contribution in [3.05, 3.63) is 23.8 Å². The minimum absolute atomic E-state index is 0.367. The molecule has 0 spiro atoms. The van der Waals surface area contributed by atoms with Crippen molar-refractivity contribution < 1.29 is 9.84 Å². The number of nitrogens with one attached hydrogen (secondary N) is 1. The van der Waals surface area contributed by atoms with E-state index in [0.29, 0.717) is 26.3 Å². The molecule has 16 heavy (non-hydrogen) atoms. The Hall–Kier alpha value is -1.04. The van der Waals surface area contributed by atoms with Crippen molar-refractivity contribution in [1.82, 2.24) is 15.3 Å². The zero-order valence-corrected chi connectivity index (χ0v) is 9.81. The molecule has 1 rings (SSSR count). The zero-order valence-electron chi connectivity index (χ0n) is 9.81. The molecule has 5 heteroatoms. The fourth-order valence-corrected chi connectivity index (χ4v) is 1.28. The standard InChI is InChI=1S/C11H19N3O2/c1-3-16-8-11(15)7-12-6-10-4-5-13-9(2)14-10/h4-5,11-12,15H,3,6-8H2,1-2H3. The minimum Gasteiger partial charge on any atom is -0.389 e. The monoisotopic (exact) mass is 225 g/mol. The van der Waals surface area contributed by atoms with E-state index in [-0.39, 0.29) is 0 Å². The SMILES string of the molecule is CCOCC(O)CNCc1ccnc(C)n1. The highest BCUT2D eigenvalue weighted by Gasteiger charge is 2.03. The van der Waals surface area contributed by atoms with Crippen LogP contribution in [0.2, 0.25) is 0 Å². The molecule has 0 saturated heterocycles. The second-order valence-electron chi connectivity index (χ2n) is 3.54. The molecular formula is C11H19N3O2. The Morgan fingerprint density at radius 2 is 2.38 bits per heavy atom. The predicted octanol–water partition coefficient (Wildman–Crippen LogP) is 0.272. The van der Waals surface area contributed by atoms with Gasteiger partial charge < -0.3 is 15.2 Å². The molecule has 0 bridgehead atoms. The Kier molecular flexibility index (Phi) is 5.92. The number of hydrogen-bond donors (Lipinski definition) is 2. The average Bonchev–Trinajstić information content (AvgIpc) is 2.26. The highest BCUT2D eigenvalue weighted by Crippen LogP contribution is 1.94. The Morgan fingerprint density at radius 1 is 1.56 bits per heavy atom. The van der Waals surface area contributed by atoms with Gasteiger partial charge >= 0.3 is 0 Å². The van der Waals surface area contributed by atoms with Crippen LogP contribution in [-0.4, -0.2) is 40.9 Å². The molecule has 0 fully saturated rings. The first-order chi connectivity index (χ1) is 7.72. The molecule has 90 valence electrons. The molecule has 1 aromatic heterocycles. The molecule has 1 aromatic rings. The molecule has 0 aliphatic carbocycles. The highest BCUT2D eigenvalue weighted by molar-refractivity contribution is 5.00. The second kappa shape index (κ2) is 7.27. The quantitative estimate of drug-likeness (QED) is 0.697. The van der Waals surface area contributed by atoms with Crippen LogP contribution < -0.4 is 5.32 Å². The van der Waals surface area contributed by atoms with E-state index >= 15 is 0 Å². The summed E-state index contributed by atoms with van der Waals surface area (Å²) in [5, 5.41) is 12.6. The van der Waals surface area contributed by atoms with Crippen LogP contribution in [0, 0.1) is 6.92 Å². The lowest BCUT2D eigenvalue weighted by Crippen LogP contribution is -2.30. The average molecular weight is 225 g/mol. The van der Waals surface area contributed by atoms with Crippen LogP contribution in [0.3, 0.4) is 0 Å². The maximum Gasteiger partial charge on any atom is 0.125 e. The molecule has 0 amide bonds. The first kappa shape index (κ1) is 13.0. The summed E-state index contributed by atoms with van der Waals surface area (Å²) in [5.41, 5.74) is 0.927. The van der Waals surface area contributed by atoms with E-state index in [1.165, 1.54) is 0 Å². The molecular weight excluding hydrogens is 206 g/mol. The molecule has 1 unspecified atom stereocenters. The van der Waals surface area contributed by atoms with E-state index < -0.39 is 6.10 Å². The summed E-state index contributed by atoms with van der Waals surface area (Å²) >= 11 is 0. The van der Waals surface area contributed by atoms with E-state index in [2.05, 4.69) is 15.3 Å². The Morgan fingerprint density at radius 3 is 3.06 bits per heavy atom. The van der Waals surface area contributed by atoms with Crippen LogP contribution >= 0.6 is 0 Å². The van der Waals surface area contributed by atoms with E-state index in [9.17, 15) is 5.11 Å². The minimum atomic E-state index is -0.470. The summed E-state index contributed by atoms with van der Waals surface area (Å²) in [6.45, 7) is 5.89. The van der Waals surface area contributed by atoms with Gasteiger partial charge in [-0.3, -0.25) is 0 Å². The second-order valence-corrected chi connectivity index (χ2v) is 3.54. The lowest BCUT2D eigenvalue weighted by molar-refractivity contribution is 0.0427. The number of hydrogen-bond acceptors (Lipinski definition) is 5. The Labute approximate surface area is 95.9 Å². The summed E-state index contributed by atoms with van der Waals surface area (Å²) < 4.78 is 5.10. The maximum atomic E-state index is 9.49. The number of aryl methyl sites for hydroxylation is 1. The van der Waals surface area contributed by atoms with E-state index in [4.69, 9.17) is 4.74 Å². The van der Waals surface area contributed by atoms with Crippen LogP contribution in [0.5, 0.6) is 0 Å². The third kappa shape index (κ3) is 5.16. The van der Waals surface area contributed by atoms with Crippen molar-refractivity contribution in [2.75, 3.05) is 19.8 Å². The zero-order chi connectivity index (χ0) is 11.8. The van der Waals surface area contributed by atoms with Gasteiger partial charge in [-0.1, -0.05) is 0 Å².